The highest BCUT2D eigenvalue weighted by Crippen LogP contribution is 2.13. The molecule has 14 heavy (non-hydrogen) atoms. The van der Waals surface area contributed by atoms with Gasteiger partial charge in [0.1, 0.15) is 0 Å². The minimum Gasteiger partial charge on any atom is -0.295 e. The summed E-state index contributed by atoms with van der Waals surface area (Å²) in [4.78, 5) is 11.0. The molecule has 1 N–H and O–H groups in total. The maximum atomic E-state index is 11.0. The molecule has 76 valence electrons. The van der Waals surface area contributed by atoms with Crippen molar-refractivity contribution in [3.63, 3.8) is 0 Å². The Morgan fingerprint density at radius 1 is 1.43 bits per heavy atom. The predicted octanol–water partition coefficient (Wildman–Crippen LogP) is 1.78. The van der Waals surface area contributed by atoms with E-state index in [9.17, 15) is 13.2 Å². The third kappa shape index (κ3) is 3.35. The summed E-state index contributed by atoms with van der Waals surface area (Å²) < 4.78 is 23.4. The molecule has 1 aromatic rings. The molecule has 0 unspecified atom stereocenters. The fraction of sp³-hybridized carbons (Fsp3) is 0.125. The number of nitrogens with one attached hydrogen (secondary N) is 1. The second-order valence-corrected chi connectivity index (χ2v) is 4.98. The van der Waals surface area contributed by atoms with Crippen LogP contribution < -0.4 is 4.72 Å². The van der Waals surface area contributed by atoms with Crippen LogP contribution in [0.5, 0.6) is 0 Å². The molecule has 0 atom stereocenters. The molecule has 0 amide bonds. The number of ketones is 1. The molecular formula is C8H8ClNO3S. The summed E-state index contributed by atoms with van der Waals surface area (Å²) in [7, 11) is 1.17. The van der Waals surface area contributed by atoms with Gasteiger partial charge in [-0.15, -0.1) is 0 Å². The molecule has 0 aliphatic rings. The molecule has 0 aromatic heterocycles. The molecule has 0 heterocycles. The Morgan fingerprint density at radius 2 is 2.07 bits per heavy atom. The van der Waals surface area contributed by atoms with Gasteiger partial charge in [-0.25, -0.2) is 0 Å². The Balaban J connectivity index is 3.01. The standard InChI is InChI=1S/C8H8ClNO3S/c1-6(11)7-3-2-4-8(5-7)10-14(9,12)13/h2-5,10H,1H3. The summed E-state index contributed by atoms with van der Waals surface area (Å²) in [6.45, 7) is 1.40. The van der Waals surface area contributed by atoms with Crippen LogP contribution in [-0.4, -0.2) is 14.2 Å². The monoisotopic (exact) mass is 233 g/mol. The molecule has 0 fully saturated rings. The van der Waals surface area contributed by atoms with Gasteiger partial charge in [-0.05, 0) is 19.1 Å². The quantitative estimate of drug-likeness (QED) is 0.640. The van der Waals surface area contributed by atoms with Crippen LogP contribution >= 0.6 is 10.7 Å². The molecular weight excluding hydrogens is 226 g/mol. The first-order valence-corrected chi connectivity index (χ1v) is 6.03. The van der Waals surface area contributed by atoms with Crippen molar-refractivity contribution in [1.29, 1.82) is 0 Å². The van der Waals surface area contributed by atoms with E-state index in [0.717, 1.165) is 0 Å². The van der Waals surface area contributed by atoms with E-state index in [1.165, 1.54) is 19.1 Å². The van der Waals surface area contributed by atoms with E-state index >= 15 is 0 Å². The zero-order chi connectivity index (χ0) is 10.8. The molecule has 6 heteroatoms. The molecule has 1 aromatic carbocycles. The van der Waals surface area contributed by atoms with Crippen LogP contribution in [0.15, 0.2) is 24.3 Å². The van der Waals surface area contributed by atoms with Crippen LogP contribution in [0.25, 0.3) is 0 Å². The molecule has 0 saturated heterocycles. The average Bonchev–Trinajstić information content (AvgIpc) is 2.01. The lowest BCUT2D eigenvalue weighted by Gasteiger charge is -2.02. The average molecular weight is 234 g/mol. The van der Waals surface area contributed by atoms with Crippen molar-refractivity contribution in [2.75, 3.05) is 4.72 Å². The van der Waals surface area contributed by atoms with Crippen LogP contribution in [-0.2, 0) is 9.24 Å². The van der Waals surface area contributed by atoms with Gasteiger partial charge in [0.15, 0.2) is 5.78 Å². The van der Waals surface area contributed by atoms with Gasteiger partial charge in [-0.3, -0.25) is 9.52 Å². The zero-order valence-electron chi connectivity index (χ0n) is 7.32. The first-order valence-electron chi connectivity index (χ1n) is 3.72. The number of anilines is 1. The van der Waals surface area contributed by atoms with E-state index in [0.29, 0.717) is 5.56 Å². The van der Waals surface area contributed by atoms with E-state index in [2.05, 4.69) is 4.72 Å². The van der Waals surface area contributed by atoms with E-state index in [-0.39, 0.29) is 11.5 Å². The third-order valence-electron chi connectivity index (χ3n) is 1.51. The number of carbonyl (C=O) groups is 1. The van der Waals surface area contributed by atoms with E-state index < -0.39 is 9.24 Å². The van der Waals surface area contributed by atoms with Crippen LogP contribution in [0.2, 0.25) is 0 Å². The molecule has 0 spiro atoms. The Morgan fingerprint density at radius 3 is 2.57 bits per heavy atom. The van der Waals surface area contributed by atoms with E-state index in [4.69, 9.17) is 10.7 Å². The second kappa shape index (κ2) is 3.98. The highest BCUT2D eigenvalue weighted by atomic mass is 35.7. The minimum atomic E-state index is -3.81. The summed E-state index contributed by atoms with van der Waals surface area (Å²) in [6.07, 6.45) is 0. The Bertz CT molecular complexity index is 455. The van der Waals surface area contributed by atoms with Crippen molar-refractivity contribution in [2.45, 2.75) is 6.92 Å². The van der Waals surface area contributed by atoms with Crippen molar-refractivity contribution in [2.24, 2.45) is 0 Å². The smallest absolute Gasteiger partial charge is 0.295 e. The van der Waals surface area contributed by atoms with Crippen LogP contribution in [0.3, 0.4) is 0 Å². The maximum absolute atomic E-state index is 11.0. The summed E-state index contributed by atoms with van der Waals surface area (Å²) in [6, 6.07) is 6.09. The summed E-state index contributed by atoms with van der Waals surface area (Å²) in [5, 5.41) is 0. The first kappa shape index (κ1) is 11.0. The number of hydrogen-bond acceptors (Lipinski definition) is 3. The molecule has 0 aliphatic heterocycles. The fourth-order valence-electron chi connectivity index (χ4n) is 0.942. The summed E-state index contributed by atoms with van der Waals surface area (Å²) >= 11 is 0. The number of rotatable bonds is 3. The molecule has 0 aliphatic carbocycles. The van der Waals surface area contributed by atoms with Crippen molar-refractivity contribution in [1.82, 2.24) is 0 Å². The second-order valence-electron chi connectivity index (χ2n) is 2.68. The highest BCUT2D eigenvalue weighted by Gasteiger charge is 2.05. The van der Waals surface area contributed by atoms with Crippen molar-refractivity contribution in [3.05, 3.63) is 29.8 Å². The highest BCUT2D eigenvalue weighted by molar-refractivity contribution is 8.14. The lowest BCUT2D eigenvalue weighted by Crippen LogP contribution is -2.04. The van der Waals surface area contributed by atoms with Gasteiger partial charge in [0.25, 0.3) is 0 Å². The van der Waals surface area contributed by atoms with Gasteiger partial charge >= 0.3 is 9.24 Å². The molecule has 4 nitrogen and oxygen atoms in total. The number of hydrogen-bond donors (Lipinski definition) is 1. The SMILES string of the molecule is CC(=O)c1cccc(NS(=O)(=O)Cl)c1. The largest absolute Gasteiger partial charge is 0.319 e. The molecule has 0 bridgehead atoms. The molecule has 0 saturated carbocycles. The topological polar surface area (TPSA) is 63.2 Å². The lowest BCUT2D eigenvalue weighted by atomic mass is 10.1. The predicted molar refractivity (Wildman–Crippen MR) is 54.8 cm³/mol. The first-order chi connectivity index (χ1) is 6.38. The Labute approximate surface area is 86.4 Å². The fourth-order valence-corrected chi connectivity index (χ4v) is 1.62. The van der Waals surface area contributed by atoms with E-state index in [1.54, 1.807) is 12.1 Å². The van der Waals surface area contributed by atoms with Crippen LogP contribution in [0, 0.1) is 0 Å². The number of carbonyl (C=O) groups excluding carboxylic acids is 1. The van der Waals surface area contributed by atoms with Gasteiger partial charge in [-0.2, -0.15) is 8.42 Å². The van der Waals surface area contributed by atoms with Crippen molar-refractivity contribution in [3.8, 4) is 0 Å². The number of halogens is 1. The van der Waals surface area contributed by atoms with Gasteiger partial charge in [0.2, 0.25) is 0 Å². The van der Waals surface area contributed by atoms with Crippen molar-refractivity contribution < 1.29 is 13.2 Å². The van der Waals surface area contributed by atoms with Crippen molar-refractivity contribution >= 4 is 31.4 Å². The normalized spacial score (nSPS) is 11.0. The molecule has 0 radical (unpaired) electrons. The maximum Gasteiger partial charge on any atom is 0.319 e. The van der Waals surface area contributed by atoms with Gasteiger partial charge in [0.05, 0.1) is 5.69 Å². The van der Waals surface area contributed by atoms with Gasteiger partial charge in [0, 0.05) is 16.2 Å². The lowest BCUT2D eigenvalue weighted by molar-refractivity contribution is 0.101. The summed E-state index contributed by atoms with van der Waals surface area (Å²) in [5.74, 6) is -0.138. The van der Waals surface area contributed by atoms with Gasteiger partial charge in [-0.1, -0.05) is 12.1 Å². The molecule has 1 rings (SSSR count). The zero-order valence-corrected chi connectivity index (χ0v) is 8.89. The number of Topliss-reactive ketones (excluding diaryl/α,β-unsaturated/α-hetero) is 1. The summed E-state index contributed by atoms with van der Waals surface area (Å²) in [5.41, 5.74) is 0.697. The minimum absolute atomic E-state index is 0.138. The van der Waals surface area contributed by atoms with Crippen LogP contribution in [0.1, 0.15) is 17.3 Å². The van der Waals surface area contributed by atoms with Crippen LogP contribution in [0.4, 0.5) is 5.69 Å². The Kier molecular flexibility index (Phi) is 3.13. The number of benzene rings is 1. The van der Waals surface area contributed by atoms with E-state index in [1.807, 2.05) is 0 Å². The van der Waals surface area contributed by atoms with Gasteiger partial charge < -0.3 is 0 Å². The Hall–Kier alpha value is -1.07. The third-order valence-corrected chi connectivity index (χ3v) is 2.22.